The first-order valence-corrected chi connectivity index (χ1v) is 10.5. The molecule has 2 heterocycles. The Morgan fingerprint density at radius 1 is 1.25 bits per heavy atom. The van der Waals surface area contributed by atoms with E-state index in [9.17, 15) is 4.79 Å². The number of hydrazone groups is 1. The van der Waals surface area contributed by atoms with Crippen LogP contribution in [-0.4, -0.2) is 16.6 Å². The van der Waals surface area contributed by atoms with Crippen LogP contribution in [0.25, 0.3) is 21.0 Å². The summed E-state index contributed by atoms with van der Waals surface area (Å²) in [7, 11) is 0. The third-order valence-electron chi connectivity index (χ3n) is 7.14. The van der Waals surface area contributed by atoms with Gasteiger partial charge in [-0.3, -0.25) is 4.79 Å². The summed E-state index contributed by atoms with van der Waals surface area (Å²) >= 11 is 1.55. The van der Waals surface area contributed by atoms with E-state index in [2.05, 4.69) is 36.3 Å². The molecule has 2 aliphatic rings. The molecule has 1 aromatic carbocycles. The molecule has 0 aliphatic heterocycles. The molecule has 0 radical (unpaired) electrons. The van der Waals surface area contributed by atoms with E-state index >= 15 is 0 Å². The highest BCUT2D eigenvalue weighted by atomic mass is 32.1. The average Bonchev–Trinajstić information content (AvgIpc) is 3.40. The first kappa shape index (κ1) is 17.6. The molecule has 3 aromatic rings. The van der Waals surface area contributed by atoms with E-state index in [1.54, 1.807) is 23.5 Å². The van der Waals surface area contributed by atoms with Crippen LogP contribution in [0, 0.1) is 16.7 Å². The lowest BCUT2D eigenvalue weighted by molar-refractivity contribution is 0.0927. The highest BCUT2D eigenvalue weighted by Gasteiger charge is 2.60. The lowest BCUT2D eigenvalue weighted by Gasteiger charge is -2.34. The Labute approximate surface area is 167 Å². The Hall–Kier alpha value is -2.47. The number of carbonyl (C=O) groups is 1. The standard InChI is InChI=1S/C22H23N3O2S/c1-21(2)13-10-11-22(21,3)18(12-13)24-25-19(26)15-8-9-16(27-15)20-23-14-6-4-5-7-17(14)28-20/h4-9,13H,10-12H2,1-3H3,(H,25,26)/b24-18+/t13-,22+/m1/s1. The van der Waals surface area contributed by atoms with Crippen molar-refractivity contribution in [2.75, 3.05) is 0 Å². The molecule has 2 aromatic heterocycles. The zero-order valence-corrected chi connectivity index (χ0v) is 17.1. The number of rotatable bonds is 3. The summed E-state index contributed by atoms with van der Waals surface area (Å²) in [6, 6.07) is 11.4. The molecule has 5 nitrogen and oxygen atoms in total. The van der Waals surface area contributed by atoms with Gasteiger partial charge >= 0.3 is 5.91 Å². The Balaban J connectivity index is 1.35. The third-order valence-corrected chi connectivity index (χ3v) is 8.19. The van der Waals surface area contributed by atoms with Gasteiger partial charge < -0.3 is 4.42 Å². The van der Waals surface area contributed by atoms with Crippen molar-refractivity contribution in [2.45, 2.75) is 40.0 Å². The van der Waals surface area contributed by atoms with E-state index in [1.165, 1.54) is 6.42 Å². The highest BCUT2D eigenvalue weighted by molar-refractivity contribution is 7.21. The lowest BCUT2D eigenvalue weighted by Crippen LogP contribution is -2.34. The fourth-order valence-electron chi connectivity index (χ4n) is 4.82. The quantitative estimate of drug-likeness (QED) is 0.599. The van der Waals surface area contributed by atoms with E-state index in [1.807, 2.05) is 24.3 Å². The molecule has 28 heavy (non-hydrogen) atoms. The first-order chi connectivity index (χ1) is 13.4. The monoisotopic (exact) mass is 393 g/mol. The predicted molar refractivity (Wildman–Crippen MR) is 111 cm³/mol. The Morgan fingerprint density at radius 2 is 2.07 bits per heavy atom. The fraction of sp³-hybridized carbons (Fsp3) is 0.409. The second-order valence-corrected chi connectivity index (χ2v) is 9.67. The van der Waals surface area contributed by atoms with Gasteiger partial charge in [-0.05, 0) is 54.9 Å². The van der Waals surface area contributed by atoms with Crippen molar-refractivity contribution in [1.29, 1.82) is 0 Å². The Bertz CT molecular complexity index is 1080. The Morgan fingerprint density at radius 3 is 2.79 bits per heavy atom. The van der Waals surface area contributed by atoms with Crippen LogP contribution in [0.15, 0.2) is 45.9 Å². The van der Waals surface area contributed by atoms with E-state index in [4.69, 9.17) is 4.42 Å². The van der Waals surface area contributed by atoms with Crippen LogP contribution in [0.1, 0.15) is 50.6 Å². The fourth-order valence-corrected chi connectivity index (χ4v) is 5.75. The minimum atomic E-state index is -0.316. The highest BCUT2D eigenvalue weighted by Crippen LogP contribution is 2.63. The first-order valence-electron chi connectivity index (χ1n) is 9.72. The van der Waals surface area contributed by atoms with Gasteiger partial charge in [0.25, 0.3) is 0 Å². The molecule has 0 saturated heterocycles. The maximum atomic E-state index is 12.6. The van der Waals surface area contributed by atoms with Crippen LogP contribution in [0.4, 0.5) is 0 Å². The maximum Gasteiger partial charge on any atom is 0.307 e. The van der Waals surface area contributed by atoms with E-state index in [0.29, 0.717) is 11.7 Å². The van der Waals surface area contributed by atoms with E-state index in [-0.39, 0.29) is 22.5 Å². The predicted octanol–water partition coefficient (Wildman–Crippen LogP) is 5.49. The summed E-state index contributed by atoms with van der Waals surface area (Å²) in [5.74, 6) is 1.20. The van der Waals surface area contributed by atoms with Crippen LogP contribution < -0.4 is 5.43 Å². The number of nitrogens with zero attached hydrogens (tertiary/aromatic N) is 2. The molecule has 5 rings (SSSR count). The largest absolute Gasteiger partial charge is 0.448 e. The number of furan rings is 1. The maximum absolute atomic E-state index is 12.6. The van der Waals surface area contributed by atoms with Crippen molar-refractivity contribution in [3.05, 3.63) is 42.2 Å². The minimum Gasteiger partial charge on any atom is -0.448 e. The van der Waals surface area contributed by atoms with E-state index in [0.717, 1.165) is 33.8 Å². The molecule has 0 unspecified atom stereocenters. The number of para-hydroxylation sites is 1. The van der Waals surface area contributed by atoms with Crippen LogP contribution in [0.3, 0.4) is 0 Å². The molecule has 2 fully saturated rings. The molecule has 0 spiro atoms. The van der Waals surface area contributed by atoms with Gasteiger partial charge in [0.15, 0.2) is 16.5 Å². The second kappa shape index (κ2) is 6.01. The summed E-state index contributed by atoms with van der Waals surface area (Å²) in [4.78, 5) is 17.1. The van der Waals surface area contributed by atoms with Gasteiger partial charge in [0.05, 0.1) is 10.2 Å². The van der Waals surface area contributed by atoms with Crippen molar-refractivity contribution in [3.8, 4) is 10.8 Å². The minimum absolute atomic E-state index is 0.0697. The third kappa shape index (κ3) is 2.47. The number of benzene rings is 1. The molecule has 2 atom stereocenters. The number of hydrogen-bond acceptors (Lipinski definition) is 5. The van der Waals surface area contributed by atoms with Gasteiger partial charge in [-0.1, -0.05) is 32.9 Å². The molecule has 2 aliphatic carbocycles. The number of amides is 1. The molecule has 144 valence electrons. The van der Waals surface area contributed by atoms with Gasteiger partial charge in [-0.15, -0.1) is 11.3 Å². The summed E-state index contributed by atoms with van der Waals surface area (Å²) in [6.07, 6.45) is 3.36. The van der Waals surface area contributed by atoms with Gasteiger partial charge in [0.2, 0.25) is 0 Å². The summed E-state index contributed by atoms with van der Waals surface area (Å²) in [5, 5.41) is 5.28. The van der Waals surface area contributed by atoms with Crippen LogP contribution >= 0.6 is 11.3 Å². The average molecular weight is 394 g/mol. The van der Waals surface area contributed by atoms with Crippen LogP contribution in [0.5, 0.6) is 0 Å². The van der Waals surface area contributed by atoms with Crippen molar-refractivity contribution >= 4 is 33.2 Å². The zero-order valence-electron chi connectivity index (χ0n) is 16.3. The van der Waals surface area contributed by atoms with Crippen molar-refractivity contribution in [2.24, 2.45) is 21.8 Å². The van der Waals surface area contributed by atoms with Gasteiger partial charge in [-0.25, -0.2) is 10.4 Å². The molecular formula is C22H23N3O2S. The van der Waals surface area contributed by atoms with Crippen molar-refractivity contribution < 1.29 is 9.21 Å². The Kier molecular flexibility index (Phi) is 3.78. The number of carbonyl (C=O) groups excluding carboxylic acids is 1. The summed E-state index contributed by atoms with van der Waals surface area (Å²) in [5.41, 5.74) is 5.07. The van der Waals surface area contributed by atoms with Crippen LogP contribution in [0.2, 0.25) is 0 Å². The zero-order chi connectivity index (χ0) is 19.5. The SMILES string of the molecule is CC1(C)[C@@H]2CC[C@@]1(C)/C(=N/NC(=O)c1ccc(-c3nc4ccccc4s3)o1)C2. The number of nitrogens with one attached hydrogen (secondary N) is 1. The van der Waals surface area contributed by atoms with Gasteiger partial charge in [0, 0.05) is 11.1 Å². The van der Waals surface area contributed by atoms with E-state index < -0.39 is 0 Å². The normalized spacial score (nSPS) is 27.0. The summed E-state index contributed by atoms with van der Waals surface area (Å²) in [6.45, 7) is 6.93. The van der Waals surface area contributed by atoms with Gasteiger partial charge in [0.1, 0.15) is 0 Å². The molecular weight excluding hydrogens is 370 g/mol. The molecule has 2 bridgehead atoms. The molecule has 6 heteroatoms. The lowest BCUT2D eigenvalue weighted by atomic mass is 9.70. The molecule has 1 N–H and O–H groups in total. The molecule has 1 amide bonds. The van der Waals surface area contributed by atoms with Crippen molar-refractivity contribution in [1.82, 2.24) is 10.4 Å². The second-order valence-electron chi connectivity index (χ2n) is 8.64. The smallest absolute Gasteiger partial charge is 0.307 e. The van der Waals surface area contributed by atoms with Crippen LogP contribution in [-0.2, 0) is 0 Å². The topological polar surface area (TPSA) is 67.5 Å². The summed E-state index contributed by atoms with van der Waals surface area (Å²) < 4.78 is 6.87. The molecule has 2 saturated carbocycles. The number of fused-ring (bicyclic) bond motifs is 3. The number of thiazole rings is 1. The van der Waals surface area contributed by atoms with Gasteiger partial charge in [-0.2, -0.15) is 5.10 Å². The number of aromatic nitrogens is 1. The number of hydrogen-bond donors (Lipinski definition) is 1. The van der Waals surface area contributed by atoms with Crippen molar-refractivity contribution in [3.63, 3.8) is 0 Å².